The second kappa shape index (κ2) is 7.01. The van der Waals surface area contributed by atoms with Crippen LogP contribution in [-0.4, -0.2) is 21.1 Å². The molecule has 0 unspecified atom stereocenters. The minimum Gasteiger partial charge on any atom is -0.250 e. The van der Waals surface area contributed by atoms with E-state index in [-0.39, 0.29) is 0 Å². The van der Waals surface area contributed by atoms with Crippen LogP contribution in [0.5, 0.6) is 0 Å². The van der Waals surface area contributed by atoms with Gasteiger partial charge in [-0.2, -0.15) is 14.9 Å². The van der Waals surface area contributed by atoms with Crippen molar-refractivity contribution in [3.63, 3.8) is 0 Å². The van der Waals surface area contributed by atoms with Crippen molar-refractivity contribution in [3.05, 3.63) is 46.0 Å². The summed E-state index contributed by atoms with van der Waals surface area (Å²) in [4.78, 5) is 0. The molecule has 1 aliphatic rings. The van der Waals surface area contributed by atoms with Crippen molar-refractivity contribution in [1.29, 1.82) is 0 Å². The van der Waals surface area contributed by atoms with Gasteiger partial charge in [-0.05, 0) is 42.6 Å². The Labute approximate surface area is 136 Å². The number of hydrogen-bond donors (Lipinski definition) is 1. The van der Waals surface area contributed by atoms with Crippen LogP contribution >= 0.6 is 12.2 Å². The molecule has 2 aromatic rings. The molecule has 0 bridgehead atoms. The van der Waals surface area contributed by atoms with Gasteiger partial charge in [-0.25, -0.2) is 0 Å². The molecule has 1 saturated carbocycles. The van der Waals surface area contributed by atoms with E-state index in [1.807, 2.05) is 6.21 Å². The van der Waals surface area contributed by atoms with E-state index < -0.39 is 0 Å². The molecule has 1 aliphatic carbocycles. The monoisotopic (exact) mass is 314 g/mol. The van der Waals surface area contributed by atoms with E-state index in [1.54, 1.807) is 4.68 Å². The van der Waals surface area contributed by atoms with Gasteiger partial charge >= 0.3 is 0 Å². The molecule has 0 spiro atoms. The molecule has 0 amide bonds. The van der Waals surface area contributed by atoms with Crippen LogP contribution in [0.1, 0.15) is 61.9 Å². The van der Waals surface area contributed by atoms with Gasteiger partial charge in [-0.1, -0.05) is 50.5 Å². The largest absolute Gasteiger partial charge is 0.250 e. The van der Waals surface area contributed by atoms with Gasteiger partial charge in [-0.15, -0.1) is 0 Å². The van der Waals surface area contributed by atoms with Crippen LogP contribution in [0.2, 0.25) is 0 Å². The Morgan fingerprint density at radius 3 is 2.68 bits per heavy atom. The summed E-state index contributed by atoms with van der Waals surface area (Å²) in [6, 6.07) is 8.45. The number of H-pyrrole nitrogens is 1. The normalized spacial score (nSPS) is 16.4. The second-order valence-corrected chi connectivity index (χ2v) is 6.26. The Hall–Kier alpha value is -1.75. The summed E-state index contributed by atoms with van der Waals surface area (Å²) in [5.41, 5.74) is 2.41. The quantitative estimate of drug-likeness (QED) is 0.670. The highest BCUT2D eigenvalue weighted by Gasteiger charge is 2.21. The lowest BCUT2D eigenvalue weighted by Gasteiger charge is -2.19. The van der Waals surface area contributed by atoms with Gasteiger partial charge in [0.15, 0.2) is 5.82 Å². The van der Waals surface area contributed by atoms with E-state index in [9.17, 15) is 0 Å². The first-order valence-electron chi connectivity index (χ1n) is 8.08. The molecule has 1 heterocycles. The molecular formula is C17H22N4S. The molecular weight excluding hydrogens is 292 g/mol. The molecule has 0 atom stereocenters. The smallest absolute Gasteiger partial charge is 0.216 e. The SMILES string of the molecule is CCc1ccc(C=Nn2c(C3CCCCC3)n[nH]c2=S)cc1. The lowest BCUT2D eigenvalue weighted by Crippen LogP contribution is -2.10. The van der Waals surface area contributed by atoms with E-state index in [4.69, 9.17) is 12.2 Å². The van der Waals surface area contributed by atoms with Crippen molar-refractivity contribution in [2.24, 2.45) is 5.10 Å². The van der Waals surface area contributed by atoms with Gasteiger partial charge in [0.05, 0.1) is 6.21 Å². The Morgan fingerprint density at radius 1 is 1.27 bits per heavy atom. The molecule has 1 N–H and O–H groups in total. The highest BCUT2D eigenvalue weighted by Crippen LogP contribution is 2.31. The summed E-state index contributed by atoms with van der Waals surface area (Å²) < 4.78 is 2.36. The average Bonchev–Trinajstić information content (AvgIpc) is 2.95. The minimum atomic E-state index is 0.473. The standard InChI is InChI=1S/C17H22N4S/c1-2-13-8-10-14(11-9-13)12-18-21-16(19-20-17(21)22)15-6-4-3-5-7-15/h8-12,15H,2-7H2,1H3,(H,20,22). The van der Waals surface area contributed by atoms with Gasteiger partial charge in [0, 0.05) is 5.92 Å². The van der Waals surface area contributed by atoms with Crippen LogP contribution < -0.4 is 0 Å². The van der Waals surface area contributed by atoms with Crippen LogP contribution in [0.3, 0.4) is 0 Å². The summed E-state index contributed by atoms with van der Waals surface area (Å²) >= 11 is 5.33. The Bertz CT molecular complexity index is 690. The van der Waals surface area contributed by atoms with Crippen molar-refractivity contribution < 1.29 is 0 Å². The van der Waals surface area contributed by atoms with E-state index in [0.29, 0.717) is 10.7 Å². The average molecular weight is 314 g/mol. The molecule has 1 aromatic heterocycles. The molecule has 0 saturated heterocycles. The fourth-order valence-corrected chi connectivity index (χ4v) is 3.19. The molecule has 116 valence electrons. The van der Waals surface area contributed by atoms with E-state index in [2.05, 4.69) is 46.5 Å². The van der Waals surface area contributed by atoms with Crippen LogP contribution in [-0.2, 0) is 6.42 Å². The summed E-state index contributed by atoms with van der Waals surface area (Å²) in [7, 11) is 0. The maximum Gasteiger partial charge on any atom is 0.216 e. The number of rotatable bonds is 4. The fourth-order valence-electron chi connectivity index (χ4n) is 3.00. The highest BCUT2D eigenvalue weighted by molar-refractivity contribution is 7.71. The number of aromatic amines is 1. The predicted octanol–water partition coefficient (Wildman–Crippen LogP) is 4.43. The van der Waals surface area contributed by atoms with Gasteiger partial charge < -0.3 is 0 Å². The van der Waals surface area contributed by atoms with Gasteiger partial charge in [0.2, 0.25) is 4.77 Å². The van der Waals surface area contributed by atoms with Crippen molar-refractivity contribution in [3.8, 4) is 0 Å². The summed E-state index contributed by atoms with van der Waals surface area (Å²) in [5.74, 6) is 1.45. The maximum atomic E-state index is 5.33. The van der Waals surface area contributed by atoms with Gasteiger partial charge in [-0.3, -0.25) is 5.10 Å². The van der Waals surface area contributed by atoms with Crippen molar-refractivity contribution in [1.82, 2.24) is 14.9 Å². The summed E-state index contributed by atoms with van der Waals surface area (Å²) in [6.07, 6.45) is 9.14. The Balaban J connectivity index is 1.83. The molecule has 0 aliphatic heterocycles. The van der Waals surface area contributed by atoms with Crippen molar-refractivity contribution >= 4 is 18.4 Å². The maximum absolute atomic E-state index is 5.33. The topological polar surface area (TPSA) is 46.0 Å². The highest BCUT2D eigenvalue weighted by atomic mass is 32.1. The molecule has 4 nitrogen and oxygen atoms in total. The van der Waals surface area contributed by atoms with E-state index >= 15 is 0 Å². The minimum absolute atomic E-state index is 0.473. The summed E-state index contributed by atoms with van der Waals surface area (Å²) in [6.45, 7) is 2.16. The van der Waals surface area contributed by atoms with Crippen molar-refractivity contribution in [2.75, 3.05) is 0 Å². The van der Waals surface area contributed by atoms with Crippen LogP contribution in [0.15, 0.2) is 29.4 Å². The third kappa shape index (κ3) is 3.35. The molecule has 22 heavy (non-hydrogen) atoms. The molecule has 1 fully saturated rings. The second-order valence-electron chi connectivity index (χ2n) is 5.87. The number of nitrogens with one attached hydrogen (secondary N) is 1. The lowest BCUT2D eigenvalue weighted by atomic mass is 9.89. The number of hydrogen-bond acceptors (Lipinski definition) is 3. The Kier molecular flexibility index (Phi) is 4.83. The first kappa shape index (κ1) is 15.2. The van der Waals surface area contributed by atoms with Gasteiger partial charge in [0.1, 0.15) is 0 Å². The number of aromatic nitrogens is 3. The zero-order chi connectivity index (χ0) is 15.4. The first-order chi connectivity index (χ1) is 10.8. The molecule has 0 radical (unpaired) electrons. The number of aryl methyl sites for hydroxylation is 1. The molecule has 3 rings (SSSR count). The van der Waals surface area contributed by atoms with Crippen molar-refractivity contribution in [2.45, 2.75) is 51.4 Å². The number of benzene rings is 1. The first-order valence-corrected chi connectivity index (χ1v) is 8.49. The van der Waals surface area contributed by atoms with Gasteiger partial charge in [0.25, 0.3) is 0 Å². The lowest BCUT2D eigenvalue weighted by molar-refractivity contribution is 0.419. The summed E-state index contributed by atoms with van der Waals surface area (Å²) in [5, 5.41) is 11.9. The third-order valence-corrected chi connectivity index (χ3v) is 4.62. The van der Waals surface area contributed by atoms with Crippen LogP contribution in [0.25, 0.3) is 0 Å². The van der Waals surface area contributed by atoms with E-state index in [1.165, 1.54) is 37.7 Å². The van der Waals surface area contributed by atoms with E-state index in [0.717, 1.165) is 17.8 Å². The Morgan fingerprint density at radius 2 is 2.00 bits per heavy atom. The molecule has 5 heteroatoms. The van der Waals surface area contributed by atoms with Crippen LogP contribution in [0, 0.1) is 4.77 Å². The third-order valence-electron chi connectivity index (χ3n) is 4.36. The number of nitrogens with zero attached hydrogens (tertiary/aromatic N) is 3. The zero-order valence-corrected chi connectivity index (χ0v) is 13.8. The van der Waals surface area contributed by atoms with Crippen LogP contribution in [0.4, 0.5) is 0 Å². The molecule has 1 aromatic carbocycles. The fraction of sp³-hybridized carbons (Fsp3) is 0.471. The zero-order valence-electron chi connectivity index (χ0n) is 13.0. The predicted molar refractivity (Wildman–Crippen MR) is 92.0 cm³/mol.